The van der Waals surface area contributed by atoms with E-state index in [2.05, 4.69) is 16.0 Å². The van der Waals surface area contributed by atoms with E-state index in [0.717, 1.165) is 28.6 Å². The van der Waals surface area contributed by atoms with Crippen molar-refractivity contribution >= 4 is 17.4 Å². The minimum Gasteiger partial charge on any atom is -0.355 e. The minimum atomic E-state index is 0.457. The van der Waals surface area contributed by atoms with Gasteiger partial charge in [-0.05, 0) is 29.8 Å². The van der Waals surface area contributed by atoms with Crippen molar-refractivity contribution in [1.29, 1.82) is 0 Å². The number of pyridine rings is 1. The zero-order valence-corrected chi connectivity index (χ0v) is 11.1. The van der Waals surface area contributed by atoms with Crippen molar-refractivity contribution in [3.8, 4) is 0 Å². The van der Waals surface area contributed by atoms with E-state index >= 15 is 0 Å². The van der Waals surface area contributed by atoms with Crippen LogP contribution in [0.4, 0.5) is 5.82 Å². The largest absolute Gasteiger partial charge is 0.355 e. The molecule has 94 valence electrons. The van der Waals surface area contributed by atoms with Crippen molar-refractivity contribution in [1.82, 2.24) is 4.98 Å². The summed E-state index contributed by atoms with van der Waals surface area (Å²) in [6, 6.07) is 13.7. The van der Waals surface area contributed by atoms with Crippen LogP contribution < -0.4 is 10.6 Å². The molecule has 0 spiro atoms. The van der Waals surface area contributed by atoms with Gasteiger partial charge in [-0.1, -0.05) is 29.8 Å². The van der Waals surface area contributed by atoms with Gasteiger partial charge in [-0.15, -0.1) is 0 Å². The van der Waals surface area contributed by atoms with Gasteiger partial charge in [0, 0.05) is 25.2 Å². The Kier molecular flexibility index (Phi) is 4.18. The molecule has 0 unspecified atom stereocenters. The van der Waals surface area contributed by atoms with Crippen LogP contribution in [0.1, 0.15) is 11.3 Å². The Balaban J connectivity index is 2.13. The highest BCUT2D eigenvalue weighted by atomic mass is 35.5. The number of hydrogen-bond donors (Lipinski definition) is 1. The van der Waals surface area contributed by atoms with Crippen LogP contribution in [0.15, 0.2) is 42.5 Å². The average molecular weight is 262 g/mol. The first-order valence-electron chi connectivity index (χ1n) is 5.80. The first-order valence-corrected chi connectivity index (χ1v) is 6.18. The number of rotatable bonds is 4. The van der Waals surface area contributed by atoms with Crippen LogP contribution in [-0.2, 0) is 13.1 Å². The molecule has 2 rings (SSSR count). The van der Waals surface area contributed by atoms with Gasteiger partial charge in [-0.25, -0.2) is 4.98 Å². The molecule has 1 aromatic carbocycles. The number of hydrogen-bond acceptors (Lipinski definition) is 3. The third-order valence-corrected chi connectivity index (χ3v) is 2.94. The Bertz CT molecular complexity index is 528. The van der Waals surface area contributed by atoms with E-state index in [0.29, 0.717) is 6.54 Å². The zero-order valence-electron chi connectivity index (χ0n) is 10.3. The van der Waals surface area contributed by atoms with Crippen LogP contribution in [0.25, 0.3) is 0 Å². The van der Waals surface area contributed by atoms with Crippen molar-refractivity contribution in [2.45, 2.75) is 13.1 Å². The van der Waals surface area contributed by atoms with Crippen LogP contribution >= 0.6 is 11.6 Å². The smallest absolute Gasteiger partial charge is 0.128 e. The fraction of sp³-hybridized carbons (Fsp3) is 0.214. The molecule has 0 aliphatic heterocycles. The van der Waals surface area contributed by atoms with E-state index in [1.807, 2.05) is 43.4 Å². The van der Waals surface area contributed by atoms with Gasteiger partial charge in [0.15, 0.2) is 0 Å². The second-order valence-corrected chi connectivity index (χ2v) is 4.61. The summed E-state index contributed by atoms with van der Waals surface area (Å²) in [6.07, 6.45) is 0. The highest BCUT2D eigenvalue weighted by molar-refractivity contribution is 6.30. The molecule has 3 nitrogen and oxygen atoms in total. The van der Waals surface area contributed by atoms with Gasteiger partial charge in [-0.3, -0.25) is 0 Å². The Morgan fingerprint density at radius 1 is 1.22 bits per heavy atom. The molecule has 4 heteroatoms. The lowest BCUT2D eigenvalue weighted by molar-refractivity contribution is 0.878. The van der Waals surface area contributed by atoms with Crippen LogP contribution in [0, 0.1) is 0 Å². The topological polar surface area (TPSA) is 42.1 Å². The number of aromatic nitrogens is 1. The summed E-state index contributed by atoms with van der Waals surface area (Å²) in [5, 5.41) is 0.754. The quantitative estimate of drug-likeness (QED) is 0.920. The standard InChI is InChI=1S/C14H16ClN3/c1-18(10-11-4-2-5-12(15)8-11)14-7-3-6-13(9-16)17-14/h2-8H,9-10,16H2,1H3. The summed E-state index contributed by atoms with van der Waals surface area (Å²) in [5.74, 6) is 0.915. The van der Waals surface area contributed by atoms with E-state index in [-0.39, 0.29) is 0 Å². The lowest BCUT2D eigenvalue weighted by Crippen LogP contribution is -2.18. The minimum absolute atomic E-state index is 0.457. The molecule has 0 atom stereocenters. The predicted octanol–water partition coefficient (Wildman–Crippen LogP) is 2.83. The van der Waals surface area contributed by atoms with Gasteiger partial charge in [0.2, 0.25) is 0 Å². The van der Waals surface area contributed by atoms with Gasteiger partial charge >= 0.3 is 0 Å². The highest BCUT2D eigenvalue weighted by Crippen LogP contribution is 2.16. The van der Waals surface area contributed by atoms with E-state index in [1.165, 1.54) is 0 Å². The number of benzene rings is 1. The normalized spacial score (nSPS) is 10.4. The van der Waals surface area contributed by atoms with Gasteiger partial charge in [0.05, 0.1) is 5.69 Å². The van der Waals surface area contributed by atoms with Crippen LogP contribution in [-0.4, -0.2) is 12.0 Å². The molecule has 1 aromatic heterocycles. The molecule has 0 radical (unpaired) electrons. The van der Waals surface area contributed by atoms with Gasteiger partial charge < -0.3 is 10.6 Å². The molecule has 0 bridgehead atoms. The molecule has 2 N–H and O–H groups in total. The van der Waals surface area contributed by atoms with Crippen LogP contribution in [0.2, 0.25) is 5.02 Å². The molecule has 18 heavy (non-hydrogen) atoms. The molecule has 0 aliphatic carbocycles. The molecule has 0 amide bonds. The molecular formula is C14H16ClN3. The Morgan fingerprint density at radius 3 is 2.72 bits per heavy atom. The summed E-state index contributed by atoms with van der Waals surface area (Å²) in [4.78, 5) is 6.55. The van der Waals surface area contributed by atoms with Crippen molar-refractivity contribution < 1.29 is 0 Å². The fourth-order valence-electron chi connectivity index (χ4n) is 1.78. The molecule has 0 fully saturated rings. The third kappa shape index (κ3) is 3.22. The number of anilines is 1. The molecule has 0 saturated heterocycles. The maximum atomic E-state index is 5.97. The second kappa shape index (κ2) is 5.85. The van der Waals surface area contributed by atoms with Crippen LogP contribution in [0.3, 0.4) is 0 Å². The Morgan fingerprint density at radius 2 is 2.00 bits per heavy atom. The number of nitrogens with zero attached hydrogens (tertiary/aromatic N) is 2. The summed E-state index contributed by atoms with van der Waals surface area (Å²) in [6.45, 7) is 1.22. The lowest BCUT2D eigenvalue weighted by atomic mass is 10.2. The summed E-state index contributed by atoms with van der Waals surface area (Å²) in [5.41, 5.74) is 7.64. The predicted molar refractivity (Wildman–Crippen MR) is 75.7 cm³/mol. The number of nitrogens with two attached hydrogens (primary N) is 1. The van der Waals surface area contributed by atoms with Crippen molar-refractivity contribution in [2.24, 2.45) is 5.73 Å². The summed E-state index contributed by atoms with van der Waals surface area (Å²) < 4.78 is 0. The summed E-state index contributed by atoms with van der Waals surface area (Å²) in [7, 11) is 2.00. The zero-order chi connectivity index (χ0) is 13.0. The van der Waals surface area contributed by atoms with Gasteiger partial charge in [-0.2, -0.15) is 0 Å². The molecule has 2 aromatic rings. The molecule has 0 aliphatic rings. The molecular weight excluding hydrogens is 246 g/mol. The van der Waals surface area contributed by atoms with E-state index in [9.17, 15) is 0 Å². The first kappa shape index (κ1) is 12.9. The Labute approximate surface area is 112 Å². The fourth-order valence-corrected chi connectivity index (χ4v) is 2.00. The van der Waals surface area contributed by atoms with Crippen molar-refractivity contribution in [3.63, 3.8) is 0 Å². The maximum absolute atomic E-state index is 5.97. The first-order chi connectivity index (χ1) is 8.69. The maximum Gasteiger partial charge on any atom is 0.128 e. The van der Waals surface area contributed by atoms with Gasteiger partial charge in [0.25, 0.3) is 0 Å². The highest BCUT2D eigenvalue weighted by Gasteiger charge is 2.04. The van der Waals surface area contributed by atoms with Crippen molar-refractivity contribution in [2.75, 3.05) is 11.9 Å². The monoisotopic (exact) mass is 261 g/mol. The summed E-state index contributed by atoms with van der Waals surface area (Å²) >= 11 is 5.97. The molecule has 0 saturated carbocycles. The van der Waals surface area contributed by atoms with Gasteiger partial charge in [0.1, 0.15) is 5.82 Å². The van der Waals surface area contributed by atoms with Crippen molar-refractivity contribution in [3.05, 3.63) is 58.7 Å². The SMILES string of the molecule is CN(Cc1cccc(Cl)c1)c1cccc(CN)n1. The van der Waals surface area contributed by atoms with Crippen LogP contribution in [0.5, 0.6) is 0 Å². The number of halogens is 1. The lowest BCUT2D eigenvalue weighted by Gasteiger charge is -2.18. The second-order valence-electron chi connectivity index (χ2n) is 4.18. The third-order valence-electron chi connectivity index (χ3n) is 2.70. The Hall–Kier alpha value is -1.58. The molecule has 1 heterocycles. The average Bonchev–Trinajstić information content (AvgIpc) is 2.39. The van der Waals surface area contributed by atoms with E-state index < -0.39 is 0 Å². The van der Waals surface area contributed by atoms with E-state index in [4.69, 9.17) is 17.3 Å². The van der Waals surface area contributed by atoms with E-state index in [1.54, 1.807) is 0 Å².